The number of thiocarbonyl (C=S) groups is 1. The van der Waals surface area contributed by atoms with Gasteiger partial charge < -0.3 is 24.8 Å². The molecule has 1 aromatic carbocycles. The number of hydrogen-bond acceptors (Lipinski definition) is 6. The zero-order valence-electron chi connectivity index (χ0n) is 17.9. The van der Waals surface area contributed by atoms with Gasteiger partial charge in [-0.1, -0.05) is 19.9 Å². The number of rotatable bonds is 9. The molecule has 0 bridgehead atoms. The Morgan fingerprint density at radius 3 is 2.69 bits per heavy atom. The van der Waals surface area contributed by atoms with Gasteiger partial charge in [-0.3, -0.25) is 4.79 Å². The van der Waals surface area contributed by atoms with Gasteiger partial charge in [0.25, 0.3) is 0 Å². The van der Waals surface area contributed by atoms with Gasteiger partial charge in [-0.05, 0) is 55.4 Å². The second kappa shape index (κ2) is 11.4. The van der Waals surface area contributed by atoms with Crippen LogP contribution in [-0.4, -0.2) is 55.0 Å². The maximum absolute atomic E-state index is 12.7. The second-order valence-electron chi connectivity index (χ2n) is 7.93. The van der Waals surface area contributed by atoms with Crippen molar-refractivity contribution in [2.75, 3.05) is 31.8 Å². The Kier molecular flexibility index (Phi) is 9.17. The van der Waals surface area contributed by atoms with Crippen LogP contribution in [0, 0.1) is 5.92 Å². The SMILES string of the molecule is CC(=S)OCCCCCOc1ccc2c(c1)N(C)C(C(C)C)C(=O)NC(CO)C2. The van der Waals surface area contributed by atoms with Gasteiger partial charge in [0.1, 0.15) is 11.8 Å². The molecule has 2 N–H and O–H groups in total. The number of nitrogens with one attached hydrogen (secondary N) is 1. The number of fused-ring (bicyclic) bond motifs is 1. The molecule has 0 radical (unpaired) electrons. The Bertz CT molecular complexity index is 695. The van der Waals surface area contributed by atoms with E-state index in [0.29, 0.717) is 24.7 Å². The van der Waals surface area contributed by atoms with Gasteiger partial charge >= 0.3 is 0 Å². The zero-order chi connectivity index (χ0) is 21.4. The van der Waals surface area contributed by atoms with Gasteiger partial charge in [-0.25, -0.2) is 0 Å². The first kappa shape index (κ1) is 23.4. The summed E-state index contributed by atoms with van der Waals surface area (Å²) in [5, 5.41) is 13.2. The summed E-state index contributed by atoms with van der Waals surface area (Å²) in [4.78, 5) is 14.7. The fourth-order valence-electron chi connectivity index (χ4n) is 3.71. The third kappa shape index (κ3) is 6.85. The molecule has 2 rings (SSSR count). The molecule has 1 heterocycles. The number of hydrogen-bond donors (Lipinski definition) is 2. The molecule has 1 aromatic rings. The van der Waals surface area contributed by atoms with Crippen molar-refractivity contribution in [2.45, 2.75) is 58.5 Å². The van der Waals surface area contributed by atoms with Crippen LogP contribution in [0.2, 0.25) is 0 Å². The molecule has 0 aliphatic carbocycles. The minimum Gasteiger partial charge on any atom is -0.494 e. The predicted molar refractivity (Wildman–Crippen MR) is 120 cm³/mol. The highest BCUT2D eigenvalue weighted by Gasteiger charge is 2.32. The Morgan fingerprint density at radius 1 is 1.31 bits per heavy atom. The molecule has 2 atom stereocenters. The molecule has 29 heavy (non-hydrogen) atoms. The van der Waals surface area contributed by atoms with Crippen molar-refractivity contribution in [1.29, 1.82) is 0 Å². The normalized spacial score (nSPS) is 19.2. The first-order valence-electron chi connectivity index (χ1n) is 10.4. The van der Waals surface area contributed by atoms with E-state index in [4.69, 9.17) is 21.7 Å². The number of carbonyl (C=O) groups is 1. The van der Waals surface area contributed by atoms with Crippen molar-refractivity contribution < 1.29 is 19.4 Å². The van der Waals surface area contributed by atoms with Crippen LogP contribution in [0.5, 0.6) is 5.75 Å². The quantitative estimate of drug-likeness (QED) is 0.471. The monoisotopic (exact) mass is 422 g/mol. The van der Waals surface area contributed by atoms with Crippen molar-refractivity contribution in [3.05, 3.63) is 23.8 Å². The zero-order valence-corrected chi connectivity index (χ0v) is 18.8. The van der Waals surface area contributed by atoms with Crippen LogP contribution >= 0.6 is 12.2 Å². The molecular formula is C22H34N2O4S. The summed E-state index contributed by atoms with van der Waals surface area (Å²) in [6.07, 6.45) is 3.50. The fourth-order valence-corrected chi connectivity index (χ4v) is 3.79. The Balaban J connectivity index is 2.04. The molecule has 1 aliphatic heterocycles. The molecule has 0 fully saturated rings. The molecule has 1 aliphatic rings. The standard InChI is InChI=1S/C22H34N2O4S/c1-15(2)21-22(26)23-18(14-25)12-17-8-9-19(13-20(17)24(21)4)28-11-7-5-6-10-27-16(3)29/h8-9,13,15,18,21,25H,5-7,10-12,14H2,1-4H3,(H,23,26). The number of aliphatic hydroxyl groups excluding tert-OH is 1. The number of anilines is 1. The molecule has 7 heteroatoms. The van der Waals surface area contributed by atoms with E-state index in [1.165, 1.54) is 0 Å². The van der Waals surface area contributed by atoms with Crippen LogP contribution in [-0.2, 0) is 16.0 Å². The first-order chi connectivity index (χ1) is 13.8. The Labute approximate surface area is 179 Å². The highest BCUT2D eigenvalue weighted by molar-refractivity contribution is 7.80. The molecule has 6 nitrogen and oxygen atoms in total. The molecular weight excluding hydrogens is 388 g/mol. The highest BCUT2D eigenvalue weighted by Crippen LogP contribution is 2.31. The average molecular weight is 423 g/mol. The van der Waals surface area contributed by atoms with Gasteiger partial charge in [-0.2, -0.15) is 0 Å². The molecule has 0 aromatic heterocycles. The number of benzene rings is 1. The van der Waals surface area contributed by atoms with Gasteiger partial charge in [0.05, 0.1) is 25.9 Å². The van der Waals surface area contributed by atoms with E-state index in [2.05, 4.69) is 5.32 Å². The van der Waals surface area contributed by atoms with Crippen molar-refractivity contribution >= 4 is 28.9 Å². The molecule has 2 unspecified atom stereocenters. The van der Waals surface area contributed by atoms with Crippen LogP contribution in [0.3, 0.4) is 0 Å². The molecule has 0 saturated heterocycles. The summed E-state index contributed by atoms with van der Waals surface area (Å²) >= 11 is 4.89. The number of amides is 1. The maximum atomic E-state index is 12.7. The van der Waals surface area contributed by atoms with Crippen molar-refractivity contribution in [2.24, 2.45) is 5.92 Å². The second-order valence-corrected chi connectivity index (χ2v) is 8.51. The maximum Gasteiger partial charge on any atom is 0.243 e. The fraction of sp³-hybridized carbons (Fsp3) is 0.636. The van der Waals surface area contributed by atoms with Crippen molar-refractivity contribution in [3.8, 4) is 5.75 Å². The van der Waals surface area contributed by atoms with E-state index >= 15 is 0 Å². The van der Waals surface area contributed by atoms with E-state index in [0.717, 1.165) is 36.3 Å². The van der Waals surface area contributed by atoms with E-state index in [1.54, 1.807) is 6.92 Å². The lowest BCUT2D eigenvalue weighted by Gasteiger charge is -2.37. The van der Waals surface area contributed by atoms with Crippen LogP contribution in [0.4, 0.5) is 5.69 Å². The van der Waals surface area contributed by atoms with Crippen molar-refractivity contribution in [1.82, 2.24) is 5.32 Å². The molecule has 0 spiro atoms. The molecule has 0 saturated carbocycles. The van der Waals surface area contributed by atoms with Crippen LogP contribution in [0.15, 0.2) is 18.2 Å². The number of nitrogens with zero attached hydrogens (tertiary/aromatic N) is 1. The number of likely N-dealkylation sites (N-methyl/N-ethyl adjacent to an activating group) is 1. The Hall–Kier alpha value is -1.86. The number of unbranched alkanes of at least 4 members (excludes halogenated alkanes) is 2. The van der Waals surface area contributed by atoms with Gasteiger partial charge in [0, 0.05) is 25.7 Å². The number of ether oxygens (including phenoxy) is 2. The van der Waals surface area contributed by atoms with Crippen molar-refractivity contribution in [3.63, 3.8) is 0 Å². The van der Waals surface area contributed by atoms with Gasteiger partial charge in [0.2, 0.25) is 5.91 Å². The molecule has 1 amide bonds. The van der Waals surface area contributed by atoms with Crippen LogP contribution < -0.4 is 15.0 Å². The summed E-state index contributed by atoms with van der Waals surface area (Å²) in [5.41, 5.74) is 2.08. The van der Waals surface area contributed by atoms with E-state index in [9.17, 15) is 9.90 Å². The summed E-state index contributed by atoms with van der Waals surface area (Å²) in [6, 6.07) is 5.43. The highest BCUT2D eigenvalue weighted by atomic mass is 32.1. The van der Waals surface area contributed by atoms with E-state index in [1.807, 2.05) is 44.0 Å². The van der Waals surface area contributed by atoms with E-state index in [-0.39, 0.29) is 30.5 Å². The summed E-state index contributed by atoms with van der Waals surface area (Å²) < 4.78 is 11.2. The number of carbonyl (C=O) groups excluding carboxylic acids is 1. The van der Waals surface area contributed by atoms with Crippen LogP contribution in [0.25, 0.3) is 0 Å². The lowest BCUT2D eigenvalue weighted by molar-refractivity contribution is -0.124. The topological polar surface area (TPSA) is 71.0 Å². The summed E-state index contributed by atoms with van der Waals surface area (Å²) in [7, 11) is 1.95. The summed E-state index contributed by atoms with van der Waals surface area (Å²) in [6.45, 7) is 7.06. The lowest BCUT2D eigenvalue weighted by Crippen LogP contribution is -2.54. The number of aliphatic hydroxyl groups is 1. The average Bonchev–Trinajstić information content (AvgIpc) is 2.66. The largest absolute Gasteiger partial charge is 0.494 e. The third-order valence-electron chi connectivity index (χ3n) is 5.15. The lowest BCUT2D eigenvalue weighted by atomic mass is 9.95. The Morgan fingerprint density at radius 2 is 2.03 bits per heavy atom. The van der Waals surface area contributed by atoms with Gasteiger partial charge in [0.15, 0.2) is 5.05 Å². The van der Waals surface area contributed by atoms with Gasteiger partial charge in [-0.15, -0.1) is 0 Å². The summed E-state index contributed by atoms with van der Waals surface area (Å²) in [5.74, 6) is 0.881. The minimum absolute atomic E-state index is 0.0488. The first-order valence-corrected chi connectivity index (χ1v) is 10.8. The van der Waals surface area contributed by atoms with E-state index < -0.39 is 0 Å². The third-order valence-corrected chi connectivity index (χ3v) is 5.27. The van der Waals surface area contributed by atoms with Crippen LogP contribution in [0.1, 0.15) is 45.6 Å². The molecule has 162 valence electrons. The minimum atomic E-state index is -0.303. The predicted octanol–water partition coefficient (Wildman–Crippen LogP) is 3.09. The smallest absolute Gasteiger partial charge is 0.243 e.